The van der Waals surface area contributed by atoms with Crippen LogP contribution in [0.4, 0.5) is 10.1 Å². The first-order valence-corrected chi connectivity index (χ1v) is 11.7. The van der Waals surface area contributed by atoms with Crippen LogP contribution in [0.1, 0.15) is 25.8 Å². The van der Waals surface area contributed by atoms with Gasteiger partial charge in [-0.1, -0.05) is 11.6 Å². The van der Waals surface area contributed by atoms with Crippen molar-refractivity contribution < 1.29 is 27.1 Å². The van der Waals surface area contributed by atoms with Crippen molar-refractivity contribution >= 4 is 56.4 Å². The highest BCUT2D eigenvalue weighted by Crippen LogP contribution is 2.25. The first-order valence-electron chi connectivity index (χ1n) is 9.08. The van der Waals surface area contributed by atoms with E-state index < -0.39 is 45.7 Å². The van der Waals surface area contributed by atoms with Gasteiger partial charge in [0.15, 0.2) is 0 Å². The van der Waals surface area contributed by atoms with Gasteiger partial charge in [-0.05, 0) is 45.0 Å². The fourth-order valence-electron chi connectivity index (χ4n) is 2.58. The number of anilines is 1. The summed E-state index contributed by atoms with van der Waals surface area (Å²) in [6.07, 6.45) is 2.65. The van der Waals surface area contributed by atoms with Crippen LogP contribution in [-0.2, 0) is 24.5 Å². The van der Waals surface area contributed by atoms with E-state index in [-0.39, 0.29) is 21.4 Å². The van der Waals surface area contributed by atoms with Gasteiger partial charge in [0.1, 0.15) is 34.4 Å². The number of halogens is 2. The molecule has 0 radical (unpaired) electrons. The molecule has 9 nitrogen and oxygen atoms in total. The van der Waals surface area contributed by atoms with Crippen LogP contribution in [0.3, 0.4) is 0 Å². The molecule has 0 spiro atoms. The van der Waals surface area contributed by atoms with Crippen molar-refractivity contribution in [1.82, 2.24) is 9.29 Å². The van der Waals surface area contributed by atoms with Gasteiger partial charge in [-0.2, -0.15) is 8.42 Å². The third kappa shape index (κ3) is 5.69. The number of allylic oxidation sites excluding steroid dienone is 1. The van der Waals surface area contributed by atoms with Crippen molar-refractivity contribution in [2.75, 3.05) is 11.9 Å². The number of rotatable bonds is 5. The molecule has 1 aromatic carbocycles. The number of hydrogen-bond donors (Lipinski definition) is 1. The third-order valence-electron chi connectivity index (χ3n) is 3.79. The lowest BCUT2D eigenvalue weighted by molar-refractivity contribution is -0.154. The topological polar surface area (TPSA) is 118 Å². The second kappa shape index (κ2) is 8.96. The summed E-state index contributed by atoms with van der Waals surface area (Å²) in [5.41, 5.74) is -1.21. The van der Waals surface area contributed by atoms with Gasteiger partial charge < -0.3 is 10.1 Å². The van der Waals surface area contributed by atoms with Gasteiger partial charge >= 0.3 is 16.2 Å². The summed E-state index contributed by atoms with van der Waals surface area (Å²) in [4.78, 5) is 29.3. The molecule has 2 heterocycles. The zero-order valence-electron chi connectivity index (χ0n) is 17.1. The van der Waals surface area contributed by atoms with Crippen LogP contribution >= 0.6 is 22.9 Å². The van der Waals surface area contributed by atoms with Crippen LogP contribution in [-0.4, -0.2) is 47.4 Å². The molecule has 1 aliphatic heterocycles. The summed E-state index contributed by atoms with van der Waals surface area (Å²) in [5.74, 6) is -2.45. The highest BCUT2D eigenvalue weighted by molar-refractivity contribution is 7.88. The molecule has 0 saturated carbocycles. The Bertz CT molecular complexity index is 1220. The lowest BCUT2D eigenvalue weighted by Gasteiger charge is -2.28. The number of aromatic nitrogens is 1. The second-order valence-electron chi connectivity index (χ2n) is 7.50. The van der Waals surface area contributed by atoms with Crippen LogP contribution < -0.4 is 5.32 Å². The molecule has 0 saturated heterocycles. The lowest BCUT2D eigenvalue weighted by atomic mass is 10.2. The van der Waals surface area contributed by atoms with Gasteiger partial charge in [-0.3, -0.25) is 9.59 Å². The zero-order valence-corrected chi connectivity index (χ0v) is 19.5. The Morgan fingerprint density at radius 1 is 1.31 bits per heavy atom. The number of hydrogen-bond acceptors (Lipinski definition) is 7. The molecule has 2 aromatic rings. The standard InChI is InChI=1S/C19H18ClFN4O5S2/c1-19(2,3)30-16(26)10-25-15(17(27)23-11-4-5-13(21)12(20)8-11)9-14(24-32(25,28)29)18-22-6-7-31-18/h4-9H,10H2,1-3H3,(H,23,27). The number of amides is 1. The lowest BCUT2D eigenvalue weighted by Crippen LogP contribution is -2.42. The zero-order chi connectivity index (χ0) is 23.7. The van der Waals surface area contributed by atoms with Gasteiger partial charge in [-0.15, -0.1) is 15.7 Å². The number of thiazole rings is 1. The van der Waals surface area contributed by atoms with Crippen molar-refractivity contribution in [3.63, 3.8) is 0 Å². The van der Waals surface area contributed by atoms with E-state index in [1.54, 1.807) is 26.2 Å². The third-order valence-corrected chi connectivity index (χ3v) is 6.18. The highest BCUT2D eigenvalue weighted by atomic mass is 35.5. The predicted octanol–water partition coefficient (Wildman–Crippen LogP) is 3.15. The summed E-state index contributed by atoms with van der Waals surface area (Å²) in [5, 5.41) is 4.09. The van der Waals surface area contributed by atoms with E-state index in [1.807, 2.05) is 0 Å². The van der Waals surface area contributed by atoms with Crippen LogP contribution in [0.5, 0.6) is 0 Å². The number of esters is 1. The molecule has 0 atom stereocenters. The summed E-state index contributed by atoms with van der Waals surface area (Å²) < 4.78 is 48.6. The Kier molecular flexibility index (Phi) is 6.67. The van der Waals surface area contributed by atoms with Gasteiger partial charge in [0.25, 0.3) is 5.91 Å². The van der Waals surface area contributed by atoms with Crippen molar-refractivity contribution in [3.05, 3.63) is 57.4 Å². The Morgan fingerprint density at radius 3 is 2.62 bits per heavy atom. The molecule has 1 aromatic heterocycles. The minimum Gasteiger partial charge on any atom is -0.459 e. The molecule has 0 aliphatic carbocycles. The van der Waals surface area contributed by atoms with E-state index in [9.17, 15) is 22.4 Å². The number of nitrogens with zero attached hydrogens (tertiary/aromatic N) is 3. The minimum atomic E-state index is -4.48. The van der Waals surface area contributed by atoms with Gasteiger partial charge in [0, 0.05) is 17.3 Å². The summed E-state index contributed by atoms with van der Waals surface area (Å²) in [6, 6.07) is 3.47. The van der Waals surface area contributed by atoms with E-state index >= 15 is 0 Å². The monoisotopic (exact) mass is 500 g/mol. The molecule has 32 heavy (non-hydrogen) atoms. The predicted molar refractivity (Wildman–Crippen MR) is 118 cm³/mol. The highest BCUT2D eigenvalue weighted by Gasteiger charge is 2.36. The van der Waals surface area contributed by atoms with E-state index in [4.69, 9.17) is 16.3 Å². The van der Waals surface area contributed by atoms with Gasteiger partial charge in [-0.25, -0.2) is 13.7 Å². The van der Waals surface area contributed by atoms with E-state index in [0.717, 1.165) is 17.4 Å². The summed E-state index contributed by atoms with van der Waals surface area (Å²) in [7, 11) is -4.48. The minimum absolute atomic E-state index is 0.0669. The molecule has 0 unspecified atom stereocenters. The number of benzene rings is 1. The molecule has 0 bridgehead atoms. The van der Waals surface area contributed by atoms with E-state index in [2.05, 4.69) is 14.7 Å². The maximum absolute atomic E-state index is 13.4. The molecular weight excluding hydrogens is 483 g/mol. The van der Waals surface area contributed by atoms with Gasteiger partial charge in [0.05, 0.1) is 5.02 Å². The van der Waals surface area contributed by atoms with E-state index in [0.29, 0.717) is 4.31 Å². The SMILES string of the molecule is CC(C)(C)OC(=O)CN1C(C(=O)Nc2ccc(F)c(Cl)c2)=CC(c2nccs2)=NS1(=O)=O. The number of nitrogens with one attached hydrogen (secondary N) is 1. The maximum atomic E-state index is 13.4. The Balaban J connectivity index is 1.98. The van der Waals surface area contributed by atoms with Crippen molar-refractivity contribution in [3.8, 4) is 0 Å². The van der Waals surface area contributed by atoms with Crippen LogP contribution in [0, 0.1) is 5.82 Å². The molecule has 1 N–H and O–H groups in total. The largest absolute Gasteiger partial charge is 0.459 e. The molecule has 13 heteroatoms. The van der Waals surface area contributed by atoms with E-state index in [1.165, 1.54) is 24.4 Å². The first-order chi connectivity index (χ1) is 14.9. The molecular formula is C19H18ClFN4O5S2. The average molecular weight is 501 g/mol. The quantitative estimate of drug-likeness (QED) is 0.630. The Morgan fingerprint density at radius 2 is 2.03 bits per heavy atom. The van der Waals surface area contributed by atoms with Crippen molar-refractivity contribution in [1.29, 1.82) is 0 Å². The van der Waals surface area contributed by atoms with Crippen LogP contribution in [0.15, 0.2) is 45.9 Å². The number of ether oxygens (including phenoxy) is 1. The second-order valence-corrected chi connectivity index (χ2v) is 10.3. The average Bonchev–Trinajstić information content (AvgIpc) is 3.19. The molecule has 1 aliphatic rings. The number of carbonyl (C=O) groups is 2. The normalized spacial score (nSPS) is 15.6. The van der Waals surface area contributed by atoms with Crippen molar-refractivity contribution in [2.24, 2.45) is 4.40 Å². The molecule has 3 rings (SSSR count). The molecule has 170 valence electrons. The van der Waals surface area contributed by atoms with Crippen molar-refractivity contribution in [2.45, 2.75) is 26.4 Å². The summed E-state index contributed by atoms with van der Waals surface area (Å²) >= 11 is 6.87. The smallest absolute Gasteiger partial charge is 0.346 e. The fourth-order valence-corrected chi connectivity index (χ4v) is 4.56. The number of carbonyl (C=O) groups excluding carboxylic acids is 2. The Labute approximate surface area is 192 Å². The van der Waals surface area contributed by atoms with Crippen LogP contribution in [0.25, 0.3) is 0 Å². The van der Waals surface area contributed by atoms with Gasteiger partial charge in [0.2, 0.25) is 0 Å². The molecule has 1 amide bonds. The Hall–Kier alpha value is -2.83. The maximum Gasteiger partial charge on any atom is 0.346 e. The van der Waals surface area contributed by atoms with Crippen LogP contribution in [0.2, 0.25) is 5.02 Å². The fraction of sp³-hybridized carbons (Fsp3) is 0.263. The molecule has 0 fully saturated rings. The first kappa shape index (κ1) is 23.8. The summed E-state index contributed by atoms with van der Waals surface area (Å²) in [6.45, 7) is 4.08.